The van der Waals surface area contributed by atoms with Crippen molar-refractivity contribution >= 4 is 0 Å². The molecule has 0 bridgehead atoms. The van der Waals surface area contributed by atoms with Gasteiger partial charge >= 0.3 is 0 Å². The van der Waals surface area contributed by atoms with Crippen molar-refractivity contribution in [2.45, 2.75) is 24.9 Å². The molecule has 1 nitrogen and oxygen atoms in total. The zero-order valence-electron chi connectivity index (χ0n) is 7.00. The lowest BCUT2D eigenvalue weighted by atomic mass is 9.87. The molecule has 0 aromatic heterocycles. The second kappa shape index (κ2) is 2.77. The minimum absolute atomic E-state index is 0.0197. The fourth-order valence-corrected chi connectivity index (χ4v) is 1.72. The molecule has 1 aliphatic carbocycles. The molecule has 1 aromatic carbocycles. The summed E-state index contributed by atoms with van der Waals surface area (Å²) in [6, 6.07) is 6.39. The molecular formula is C10H10F2O. The smallest absolute Gasteiger partial charge is 0.298 e. The molecular weight excluding hydrogens is 174 g/mol. The number of hydrogen-bond acceptors (Lipinski definition) is 1. The quantitative estimate of drug-likeness (QED) is 0.654. The van der Waals surface area contributed by atoms with E-state index in [0.29, 0.717) is 12.0 Å². The third-order valence-corrected chi connectivity index (χ3v) is 2.48. The van der Waals surface area contributed by atoms with Gasteiger partial charge in [-0.1, -0.05) is 24.3 Å². The molecule has 1 unspecified atom stereocenters. The van der Waals surface area contributed by atoms with E-state index in [2.05, 4.69) is 0 Å². The largest absolute Gasteiger partial charge is 0.386 e. The van der Waals surface area contributed by atoms with Crippen LogP contribution in [0.3, 0.4) is 0 Å². The van der Waals surface area contributed by atoms with Gasteiger partial charge in [-0.05, 0) is 18.4 Å². The molecule has 2 rings (SSSR count). The number of aliphatic hydroxyl groups excluding tert-OH is 1. The van der Waals surface area contributed by atoms with Crippen molar-refractivity contribution in [2.75, 3.05) is 0 Å². The Balaban J connectivity index is 2.52. The van der Waals surface area contributed by atoms with Crippen LogP contribution in [0.4, 0.5) is 8.78 Å². The third-order valence-electron chi connectivity index (χ3n) is 2.48. The van der Waals surface area contributed by atoms with Crippen LogP contribution in [0.2, 0.25) is 0 Å². The Morgan fingerprint density at radius 2 is 2.00 bits per heavy atom. The van der Waals surface area contributed by atoms with Crippen LogP contribution in [0, 0.1) is 0 Å². The zero-order valence-corrected chi connectivity index (χ0v) is 7.00. The van der Waals surface area contributed by atoms with Gasteiger partial charge in [-0.25, -0.2) is 0 Å². The lowest BCUT2D eigenvalue weighted by Gasteiger charge is -2.29. The van der Waals surface area contributed by atoms with Gasteiger partial charge in [0.25, 0.3) is 5.92 Å². The summed E-state index contributed by atoms with van der Waals surface area (Å²) in [5.74, 6) is -3.07. The summed E-state index contributed by atoms with van der Waals surface area (Å²) >= 11 is 0. The van der Waals surface area contributed by atoms with Crippen LogP contribution in [0.1, 0.15) is 17.5 Å². The molecule has 0 amide bonds. The SMILES string of the molecule is OC1CCc2ccccc2C1(F)F. The summed E-state index contributed by atoms with van der Waals surface area (Å²) < 4.78 is 26.7. The summed E-state index contributed by atoms with van der Waals surface area (Å²) in [5.41, 5.74) is 0.631. The highest BCUT2D eigenvalue weighted by atomic mass is 19.3. The normalized spacial score (nSPS) is 25.3. The number of fused-ring (bicyclic) bond motifs is 1. The lowest BCUT2D eigenvalue weighted by Crippen LogP contribution is -2.35. The van der Waals surface area contributed by atoms with Crippen molar-refractivity contribution in [1.82, 2.24) is 0 Å². The van der Waals surface area contributed by atoms with Gasteiger partial charge < -0.3 is 5.11 Å². The second-order valence-electron chi connectivity index (χ2n) is 3.33. The van der Waals surface area contributed by atoms with Crippen LogP contribution in [-0.4, -0.2) is 11.2 Å². The van der Waals surface area contributed by atoms with Crippen LogP contribution in [-0.2, 0) is 12.3 Å². The van der Waals surface area contributed by atoms with Crippen molar-refractivity contribution < 1.29 is 13.9 Å². The number of halogens is 2. The van der Waals surface area contributed by atoms with Gasteiger partial charge in [0.05, 0.1) is 0 Å². The fraction of sp³-hybridized carbons (Fsp3) is 0.400. The van der Waals surface area contributed by atoms with E-state index in [9.17, 15) is 8.78 Å². The van der Waals surface area contributed by atoms with E-state index in [1.807, 2.05) is 0 Å². The minimum atomic E-state index is -3.07. The molecule has 0 aliphatic heterocycles. The highest BCUT2D eigenvalue weighted by Gasteiger charge is 2.44. The number of alkyl halides is 2. The van der Waals surface area contributed by atoms with Crippen LogP contribution >= 0.6 is 0 Å². The topological polar surface area (TPSA) is 20.2 Å². The molecule has 0 heterocycles. The standard InChI is InChI=1S/C10H10F2O/c11-10(12)8-4-2-1-3-7(8)5-6-9(10)13/h1-4,9,13H,5-6H2. The van der Waals surface area contributed by atoms with E-state index < -0.39 is 12.0 Å². The van der Waals surface area contributed by atoms with Gasteiger partial charge in [-0.2, -0.15) is 8.78 Å². The predicted octanol–water partition coefficient (Wildman–Crippen LogP) is 2.09. The van der Waals surface area contributed by atoms with E-state index in [1.54, 1.807) is 18.2 Å². The summed E-state index contributed by atoms with van der Waals surface area (Å²) in [6.45, 7) is 0. The Kier molecular flexibility index (Phi) is 1.84. The summed E-state index contributed by atoms with van der Waals surface area (Å²) in [6.07, 6.45) is -0.848. The summed E-state index contributed by atoms with van der Waals surface area (Å²) in [5, 5.41) is 9.13. The van der Waals surface area contributed by atoms with E-state index in [-0.39, 0.29) is 12.0 Å². The van der Waals surface area contributed by atoms with Crippen molar-refractivity contribution in [2.24, 2.45) is 0 Å². The molecule has 1 aromatic rings. The molecule has 1 N–H and O–H groups in total. The van der Waals surface area contributed by atoms with E-state index >= 15 is 0 Å². The Labute approximate surface area is 75.0 Å². The average Bonchev–Trinajstić information content (AvgIpc) is 2.13. The molecule has 0 saturated heterocycles. The number of benzene rings is 1. The van der Waals surface area contributed by atoms with E-state index in [0.717, 1.165) is 0 Å². The molecule has 13 heavy (non-hydrogen) atoms. The van der Waals surface area contributed by atoms with Gasteiger partial charge in [0, 0.05) is 5.56 Å². The van der Waals surface area contributed by atoms with Crippen molar-refractivity contribution in [1.29, 1.82) is 0 Å². The number of hydrogen-bond donors (Lipinski definition) is 1. The van der Waals surface area contributed by atoms with E-state index in [4.69, 9.17) is 5.11 Å². The molecule has 0 radical (unpaired) electrons. The molecule has 1 aliphatic rings. The van der Waals surface area contributed by atoms with Crippen LogP contribution in [0.25, 0.3) is 0 Å². The highest BCUT2D eigenvalue weighted by Crippen LogP contribution is 2.39. The molecule has 3 heteroatoms. The van der Waals surface area contributed by atoms with Gasteiger partial charge in [0.1, 0.15) is 6.10 Å². The zero-order chi connectivity index (χ0) is 9.47. The Bertz CT molecular complexity index is 322. The van der Waals surface area contributed by atoms with Gasteiger partial charge in [-0.3, -0.25) is 0 Å². The number of aryl methyl sites for hydroxylation is 1. The maximum absolute atomic E-state index is 13.3. The number of aliphatic hydroxyl groups is 1. The third kappa shape index (κ3) is 1.23. The fourth-order valence-electron chi connectivity index (χ4n) is 1.72. The molecule has 70 valence electrons. The monoisotopic (exact) mass is 184 g/mol. The predicted molar refractivity (Wildman–Crippen MR) is 44.7 cm³/mol. The summed E-state index contributed by atoms with van der Waals surface area (Å²) in [7, 11) is 0. The van der Waals surface area contributed by atoms with Crippen LogP contribution < -0.4 is 0 Å². The first-order valence-electron chi connectivity index (χ1n) is 4.26. The Morgan fingerprint density at radius 3 is 2.77 bits per heavy atom. The molecule has 0 saturated carbocycles. The molecule has 0 fully saturated rings. The van der Waals surface area contributed by atoms with Crippen LogP contribution in [0.5, 0.6) is 0 Å². The number of rotatable bonds is 0. The summed E-state index contributed by atoms with van der Waals surface area (Å²) in [4.78, 5) is 0. The van der Waals surface area contributed by atoms with E-state index in [1.165, 1.54) is 6.07 Å². The molecule has 1 atom stereocenters. The first-order valence-corrected chi connectivity index (χ1v) is 4.26. The minimum Gasteiger partial charge on any atom is -0.386 e. The van der Waals surface area contributed by atoms with Gasteiger partial charge in [0.15, 0.2) is 0 Å². The maximum atomic E-state index is 13.3. The maximum Gasteiger partial charge on any atom is 0.298 e. The van der Waals surface area contributed by atoms with Crippen molar-refractivity contribution in [3.8, 4) is 0 Å². The first-order chi connectivity index (χ1) is 6.12. The lowest BCUT2D eigenvalue weighted by molar-refractivity contribution is -0.123. The molecule has 0 spiro atoms. The Hall–Kier alpha value is -0.960. The average molecular weight is 184 g/mol. The van der Waals surface area contributed by atoms with Crippen molar-refractivity contribution in [3.05, 3.63) is 35.4 Å². The second-order valence-corrected chi connectivity index (χ2v) is 3.33. The van der Waals surface area contributed by atoms with Crippen molar-refractivity contribution in [3.63, 3.8) is 0 Å². The van der Waals surface area contributed by atoms with Gasteiger partial charge in [0.2, 0.25) is 0 Å². The highest BCUT2D eigenvalue weighted by molar-refractivity contribution is 5.34. The Morgan fingerprint density at radius 1 is 1.31 bits per heavy atom. The first kappa shape index (κ1) is 8.63. The van der Waals surface area contributed by atoms with Crippen LogP contribution in [0.15, 0.2) is 24.3 Å². The van der Waals surface area contributed by atoms with Gasteiger partial charge in [-0.15, -0.1) is 0 Å².